The summed E-state index contributed by atoms with van der Waals surface area (Å²) < 4.78 is 5.30. The number of ether oxygens (including phenoxy) is 1. The van der Waals surface area contributed by atoms with Crippen LogP contribution in [-0.4, -0.2) is 43.2 Å². The van der Waals surface area contributed by atoms with E-state index in [2.05, 4.69) is 0 Å². The molecular formula is C12H23ClN2O2. The van der Waals surface area contributed by atoms with E-state index in [9.17, 15) is 4.79 Å². The average Bonchev–Trinajstić information content (AvgIpc) is 2.75. The minimum absolute atomic E-state index is 0. The summed E-state index contributed by atoms with van der Waals surface area (Å²) in [5.41, 5.74) is 5.97. The first-order valence-electron chi connectivity index (χ1n) is 6.29. The molecule has 0 radical (unpaired) electrons. The molecule has 0 bridgehead atoms. The molecule has 100 valence electrons. The third-order valence-corrected chi connectivity index (χ3v) is 3.97. The Morgan fingerprint density at radius 1 is 1.24 bits per heavy atom. The van der Waals surface area contributed by atoms with Crippen molar-refractivity contribution in [1.29, 1.82) is 0 Å². The second-order valence-electron chi connectivity index (χ2n) is 4.96. The van der Waals surface area contributed by atoms with Crippen LogP contribution in [-0.2, 0) is 9.53 Å². The van der Waals surface area contributed by atoms with Crippen LogP contribution in [0.1, 0.15) is 32.1 Å². The van der Waals surface area contributed by atoms with Gasteiger partial charge in [-0.25, -0.2) is 0 Å². The zero-order valence-corrected chi connectivity index (χ0v) is 11.2. The molecular weight excluding hydrogens is 240 g/mol. The Hall–Kier alpha value is -0.320. The number of hydrogen-bond donors (Lipinski definition) is 1. The van der Waals surface area contributed by atoms with Crippen LogP contribution in [0.2, 0.25) is 0 Å². The molecule has 2 atom stereocenters. The van der Waals surface area contributed by atoms with Crippen molar-refractivity contribution in [2.45, 2.75) is 44.2 Å². The molecule has 1 saturated carbocycles. The lowest BCUT2D eigenvalue weighted by atomic mass is 10.00. The molecule has 1 aliphatic heterocycles. The number of hydrogen-bond acceptors (Lipinski definition) is 3. The SMILES string of the molecule is COC1CCN(C(=O)C2CCCC2N)CC1.Cl. The summed E-state index contributed by atoms with van der Waals surface area (Å²) in [7, 11) is 1.75. The molecule has 2 N–H and O–H groups in total. The van der Waals surface area contributed by atoms with Gasteiger partial charge in [-0.15, -0.1) is 12.4 Å². The van der Waals surface area contributed by atoms with E-state index in [0.29, 0.717) is 6.10 Å². The first-order valence-corrected chi connectivity index (χ1v) is 6.29. The van der Waals surface area contributed by atoms with E-state index in [1.54, 1.807) is 7.11 Å². The number of nitrogens with zero attached hydrogens (tertiary/aromatic N) is 1. The van der Waals surface area contributed by atoms with E-state index in [1.165, 1.54) is 0 Å². The molecule has 5 heteroatoms. The quantitative estimate of drug-likeness (QED) is 0.813. The molecule has 0 spiro atoms. The van der Waals surface area contributed by atoms with Gasteiger partial charge in [-0.3, -0.25) is 4.79 Å². The average molecular weight is 263 g/mol. The highest BCUT2D eigenvalue weighted by molar-refractivity contribution is 5.85. The van der Waals surface area contributed by atoms with Gasteiger partial charge in [0.25, 0.3) is 0 Å². The number of piperidine rings is 1. The van der Waals surface area contributed by atoms with Crippen LogP contribution in [0.4, 0.5) is 0 Å². The van der Waals surface area contributed by atoms with Crippen molar-refractivity contribution in [2.24, 2.45) is 11.7 Å². The van der Waals surface area contributed by atoms with E-state index in [1.807, 2.05) is 4.90 Å². The zero-order valence-electron chi connectivity index (χ0n) is 10.4. The summed E-state index contributed by atoms with van der Waals surface area (Å²) in [5, 5.41) is 0. The second kappa shape index (κ2) is 6.57. The van der Waals surface area contributed by atoms with Gasteiger partial charge in [-0.05, 0) is 25.7 Å². The largest absolute Gasteiger partial charge is 0.381 e. The highest BCUT2D eigenvalue weighted by Gasteiger charge is 2.34. The van der Waals surface area contributed by atoms with Crippen molar-refractivity contribution in [2.75, 3.05) is 20.2 Å². The van der Waals surface area contributed by atoms with Crippen LogP contribution in [0.5, 0.6) is 0 Å². The summed E-state index contributed by atoms with van der Waals surface area (Å²) >= 11 is 0. The molecule has 2 unspecified atom stereocenters. The summed E-state index contributed by atoms with van der Waals surface area (Å²) in [4.78, 5) is 14.2. The number of carbonyl (C=O) groups is 1. The minimum Gasteiger partial charge on any atom is -0.381 e. The third kappa shape index (κ3) is 3.33. The fourth-order valence-corrected chi connectivity index (χ4v) is 2.84. The van der Waals surface area contributed by atoms with E-state index in [-0.39, 0.29) is 30.3 Å². The Bertz CT molecular complexity index is 255. The molecule has 1 saturated heterocycles. The van der Waals surface area contributed by atoms with Gasteiger partial charge in [0.05, 0.1) is 12.0 Å². The standard InChI is InChI=1S/C12H22N2O2.ClH/c1-16-9-5-7-14(8-6-9)12(15)10-3-2-4-11(10)13;/h9-11H,2-8,13H2,1H3;1H. The first-order chi connectivity index (χ1) is 7.72. The maximum Gasteiger partial charge on any atom is 0.227 e. The maximum absolute atomic E-state index is 12.2. The van der Waals surface area contributed by atoms with Gasteiger partial charge < -0.3 is 15.4 Å². The van der Waals surface area contributed by atoms with Crippen molar-refractivity contribution in [3.05, 3.63) is 0 Å². The van der Waals surface area contributed by atoms with Gasteiger partial charge >= 0.3 is 0 Å². The Morgan fingerprint density at radius 2 is 1.88 bits per heavy atom. The fourth-order valence-electron chi connectivity index (χ4n) is 2.84. The lowest BCUT2D eigenvalue weighted by molar-refractivity contribution is -0.138. The van der Waals surface area contributed by atoms with Gasteiger partial charge in [0.2, 0.25) is 5.91 Å². The van der Waals surface area contributed by atoms with Gasteiger partial charge in [0.1, 0.15) is 0 Å². The molecule has 4 nitrogen and oxygen atoms in total. The van der Waals surface area contributed by atoms with E-state index < -0.39 is 0 Å². The van der Waals surface area contributed by atoms with Gasteiger partial charge in [-0.2, -0.15) is 0 Å². The normalized spacial score (nSPS) is 30.1. The van der Waals surface area contributed by atoms with E-state index in [0.717, 1.165) is 45.2 Å². The Morgan fingerprint density at radius 3 is 2.35 bits per heavy atom. The van der Waals surface area contributed by atoms with Gasteiger partial charge in [-0.1, -0.05) is 6.42 Å². The lowest BCUT2D eigenvalue weighted by Crippen LogP contribution is -2.46. The lowest BCUT2D eigenvalue weighted by Gasteiger charge is -2.33. The van der Waals surface area contributed by atoms with Crippen LogP contribution in [0.15, 0.2) is 0 Å². The predicted octanol–water partition coefficient (Wildman–Crippen LogP) is 1.17. The number of amides is 1. The molecule has 0 aromatic rings. The predicted molar refractivity (Wildman–Crippen MR) is 69.2 cm³/mol. The van der Waals surface area contributed by atoms with Crippen molar-refractivity contribution < 1.29 is 9.53 Å². The molecule has 1 amide bonds. The molecule has 0 aromatic heterocycles. The molecule has 2 aliphatic rings. The third-order valence-electron chi connectivity index (χ3n) is 3.97. The van der Waals surface area contributed by atoms with Crippen LogP contribution < -0.4 is 5.73 Å². The van der Waals surface area contributed by atoms with Crippen molar-refractivity contribution >= 4 is 18.3 Å². The molecule has 17 heavy (non-hydrogen) atoms. The molecule has 2 rings (SSSR count). The van der Waals surface area contributed by atoms with Crippen LogP contribution in [0.25, 0.3) is 0 Å². The van der Waals surface area contributed by atoms with Crippen LogP contribution >= 0.6 is 12.4 Å². The Kier molecular flexibility index (Phi) is 5.70. The first kappa shape index (κ1) is 14.7. The number of likely N-dealkylation sites (tertiary alicyclic amines) is 1. The van der Waals surface area contributed by atoms with Crippen molar-refractivity contribution in [3.8, 4) is 0 Å². The summed E-state index contributed by atoms with van der Waals surface area (Å²) in [6, 6.07) is 0.0904. The molecule has 1 heterocycles. The number of halogens is 1. The van der Waals surface area contributed by atoms with Crippen molar-refractivity contribution in [1.82, 2.24) is 4.90 Å². The highest BCUT2D eigenvalue weighted by atomic mass is 35.5. The molecule has 2 fully saturated rings. The van der Waals surface area contributed by atoms with Crippen LogP contribution in [0.3, 0.4) is 0 Å². The monoisotopic (exact) mass is 262 g/mol. The number of methoxy groups -OCH3 is 1. The van der Waals surface area contributed by atoms with Gasteiger partial charge in [0.15, 0.2) is 0 Å². The highest BCUT2D eigenvalue weighted by Crippen LogP contribution is 2.27. The Balaban J connectivity index is 0.00000144. The second-order valence-corrected chi connectivity index (χ2v) is 4.96. The topological polar surface area (TPSA) is 55.6 Å². The maximum atomic E-state index is 12.2. The number of carbonyl (C=O) groups excluding carboxylic acids is 1. The summed E-state index contributed by atoms with van der Waals surface area (Å²) in [6.45, 7) is 1.67. The number of rotatable bonds is 2. The van der Waals surface area contributed by atoms with Crippen molar-refractivity contribution in [3.63, 3.8) is 0 Å². The number of nitrogens with two attached hydrogens (primary N) is 1. The van der Waals surface area contributed by atoms with E-state index >= 15 is 0 Å². The summed E-state index contributed by atoms with van der Waals surface area (Å²) in [6.07, 6.45) is 5.34. The Labute approximate surface area is 109 Å². The zero-order chi connectivity index (χ0) is 11.5. The minimum atomic E-state index is 0. The fraction of sp³-hybridized carbons (Fsp3) is 0.917. The van der Waals surface area contributed by atoms with Crippen LogP contribution in [0, 0.1) is 5.92 Å². The molecule has 1 aliphatic carbocycles. The summed E-state index contributed by atoms with van der Waals surface area (Å²) in [5.74, 6) is 0.360. The van der Waals surface area contributed by atoms with E-state index in [4.69, 9.17) is 10.5 Å². The smallest absolute Gasteiger partial charge is 0.227 e. The van der Waals surface area contributed by atoms with Gasteiger partial charge in [0, 0.05) is 26.2 Å². The molecule has 0 aromatic carbocycles.